The van der Waals surface area contributed by atoms with Gasteiger partial charge in [-0.15, -0.1) is 0 Å². The van der Waals surface area contributed by atoms with E-state index in [1.165, 1.54) is 0 Å². The molecule has 1 atom stereocenters. The summed E-state index contributed by atoms with van der Waals surface area (Å²) in [6.45, 7) is 1.71. The van der Waals surface area contributed by atoms with Crippen LogP contribution in [0.2, 0.25) is 0 Å². The van der Waals surface area contributed by atoms with Crippen molar-refractivity contribution >= 4 is 27.6 Å². The van der Waals surface area contributed by atoms with Gasteiger partial charge in [0.25, 0.3) is 0 Å². The van der Waals surface area contributed by atoms with Gasteiger partial charge in [-0.05, 0) is 37.3 Å². The van der Waals surface area contributed by atoms with Gasteiger partial charge in [0.15, 0.2) is 0 Å². The SMILES string of the molecule is CC(O)C=C(c1nc2ccccc2[nH]1)c1nc2ccccc2[nH]1. The fraction of sp³-hybridized carbons (Fsp3) is 0.111. The molecule has 0 fully saturated rings. The second-order valence-corrected chi connectivity index (χ2v) is 5.53. The van der Waals surface area contributed by atoms with E-state index in [0.29, 0.717) is 11.6 Å². The highest BCUT2D eigenvalue weighted by atomic mass is 16.3. The summed E-state index contributed by atoms with van der Waals surface area (Å²) in [5.74, 6) is 1.37. The van der Waals surface area contributed by atoms with Crippen molar-refractivity contribution in [3.05, 3.63) is 66.3 Å². The zero-order chi connectivity index (χ0) is 15.8. The third-order valence-corrected chi connectivity index (χ3v) is 3.70. The number of imidazole rings is 2. The minimum atomic E-state index is -0.605. The molecule has 0 amide bonds. The number of rotatable bonds is 3. The Balaban J connectivity index is 1.90. The number of aromatic nitrogens is 4. The number of nitrogens with zero attached hydrogens (tertiary/aromatic N) is 2. The Morgan fingerprint density at radius 3 is 1.83 bits per heavy atom. The van der Waals surface area contributed by atoms with Crippen LogP contribution < -0.4 is 0 Å². The highest BCUT2D eigenvalue weighted by Crippen LogP contribution is 2.24. The molecule has 0 aliphatic rings. The highest BCUT2D eigenvalue weighted by molar-refractivity contribution is 5.85. The molecule has 0 aliphatic heterocycles. The second kappa shape index (κ2) is 5.37. The van der Waals surface area contributed by atoms with E-state index in [0.717, 1.165) is 27.6 Å². The summed E-state index contributed by atoms with van der Waals surface area (Å²) in [6.07, 6.45) is 1.14. The van der Waals surface area contributed by atoms with Crippen molar-refractivity contribution in [2.75, 3.05) is 0 Å². The zero-order valence-electron chi connectivity index (χ0n) is 12.6. The van der Waals surface area contributed by atoms with Gasteiger partial charge in [-0.25, -0.2) is 9.97 Å². The molecule has 4 rings (SSSR count). The van der Waals surface area contributed by atoms with Gasteiger partial charge in [0.05, 0.1) is 33.7 Å². The average Bonchev–Trinajstić information content (AvgIpc) is 3.15. The lowest BCUT2D eigenvalue weighted by atomic mass is 10.2. The van der Waals surface area contributed by atoms with E-state index < -0.39 is 6.10 Å². The fourth-order valence-corrected chi connectivity index (χ4v) is 2.67. The average molecular weight is 304 g/mol. The largest absolute Gasteiger partial charge is 0.389 e. The van der Waals surface area contributed by atoms with E-state index in [1.54, 1.807) is 13.0 Å². The molecule has 0 bridgehead atoms. The van der Waals surface area contributed by atoms with Gasteiger partial charge in [0.1, 0.15) is 11.6 Å². The Bertz CT molecular complexity index is 868. The monoisotopic (exact) mass is 304 g/mol. The zero-order valence-corrected chi connectivity index (χ0v) is 12.6. The first kappa shape index (κ1) is 13.7. The summed E-state index contributed by atoms with van der Waals surface area (Å²) in [6, 6.07) is 15.7. The molecule has 0 radical (unpaired) electrons. The molecule has 3 N–H and O–H groups in total. The lowest BCUT2D eigenvalue weighted by Crippen LogP contribution is -2.00. The van der Waals surface area contributed by atoms with Crippen LogP contribution in [0, 0.1) is 0 Å². The molecule has 0 aliphatic carbocycles. The van der Waals surface area contributed by atoms with E-state index in [2.05, 4.69) is 19.9 Å². The molecule has 2 aromatic carbocycles. The third kappa shape index (κ3) is 2.51. The van der Waals surface area contributed by atoms with Gasteiger partial charge < -0.3 is 15.1 Å². The normalized spacial score (nSPS) is 12.6. The first-order valence-corrected chi connectivity index (χ1v) is 7.51. The predicted octanol–water partition coefficient (Wildman–Crippen LogP) is 3.25. The number of hydrogen-bond acceptors (Lipinski definition) is 3. The topological polar surface area (TPSA) is 77.6 Å². The summed E-state index contributed by atoms with van der Waals surface area (Å²) in [7, 11) is 0. The summed E-state index contributed by atoms with van der Waals surface area (Å²) >= 11 is 0. The number of fused-ring (bicyclic) bond motifs is 2. The van der Waals surface area contributed by atoms with Gasteiger partial charge in [-0.1, -0.05) is 24.3 Å². The standard InChI is InChI=1S/C18H16N4O/c1-11(23)10-12(17-19-13-6-2-3-7-14(13)20-17)18-21-15-8-4-5-9-16(15)22-18/h2-11,23H,1H3,(H,19,20)(H,21,22). The first-order valence-electron chi connectivity index (χ1n) is 7.51. The Morgan fingerprint density at radius 2 is 1.39 bits per heavy atom. The maximum absolute atomic E-state index is 9.84. The van der Waals surface area contributed by atoms with E-state index in [9.17, 15) is 5.11 Å². The molecule has 114 valence electrons. The molecule has 2 heterocycles. The summed E-state index contributed by atoms with van der Waals surface area (Å²) in [5, 5.41) is 9.84. The molecule has 4 aromatic rings. The third-order valence-electron chi connectivity index (χ3n) is 3.70. The van der Waals surface area contributed by atoms with Crippen LogP contribution in [0.1, 0.15) is 18.6 Å². The minimum absolute atomic E-state index is 0.605. The Kier molecular flexibility index (Phi) is 3.20. The lowest BCUT2D eigenvalue weighted by molar-refractivity contribution is 0.244. The molecule has 0 spiro atoms. The van der Waals surface area contributed by atoms with Crippen LogP contribution >= 0.6 is 0 Å². The molecular weight excluding hydrogens is 288 g/mol. The number of H-pyrrole nitrogens is 2. The van der Waals surface area contributed by atoms with Gasteiger partial charge in [0.2, 0.25) is 0 Å². The van der Waals surface area contributed by atoms with Crippen molar-refractivity contribution in [1.29, 1.82) is 0 Å². The molecule has 1 unspecified atom stereocenters. The van der Waals surface area contributed by atoms with E-state index in [4.69, 9.17) is 0 Å². The number of aromatic amines is 2. The van der Waals surface area contributed by atoms with Crippen LogP contribution in [0.25, 0.3) is 27.6 Å². The van der Waals surface area contributed by atoms with E-state index in [1.807, 2.05) is 48.5 Å². The van der Waals surface area contributed by atoms with Gasteiger partial charge in [-0.3, -0.25) is 0 Å². The summed E-state index contributed by atoms with van der Waals surface area (Å²) < 4.78 is 0. The minimum Gasteiger partial charge on any atom is -0.389 e. The number of aliphatic hydroxyl groups is 1. The van der Waals surface area contributed by atoms with Crippen LogP contribution in [0.5, 0.6) is 0 Å². The van der Waals surface area contributed by atoms with Gasteiger partial charge in [-0.2, -0.15) is 0 Å². The Morgan fingerprint density at radius 1 is 0.913 bits per heavy atom. The van der Waals surface area contributed by atoms with Gasteiger partial charge >= 0.3 is 0 Å². The summed E-state index contributed by atoms with van der Waals surface area (Å²) in [4.78, 5) is 15.8. The molecule has 5 nitrogen and oxygen atoms in total. The van der Waals surface area contributed by atoms with Gasteiger partial charge in [0, 0.05) is 0 Å². The molecular formula is C18H16N4O. The number of aliphatic hydroxyl groups excluding tert-OH is 1. The highest BCUT2D eigenvalue weighted by Gasteiger charge is 2.15. The Hall–Kier alpha value is -2.92. The maximum Gasteiger partial charge on any atom is 0.142 e. The van der Waals surface area contributed by atoms with Crippen molar-refractivity contribution in [1.82, 2.24) is 19.9 Å². The molecule has 5 heteroatoms. The van der Waals surface area contributed by atoms with Crippen molar-refractivity contribution in [2.24, 2.45) is 0 Å². The van der Waals surface area contributed by atoms with E-state index >= 15 is 0 Å². The van der Waals surface area contributed by atoms with E-state index in [-0.39, 0.29) is 0 Å². The van der Waals surface area contributed by atoms with Crippen LogP contribution in [0.15, 0.2) is 54.6 Å². The fourth-order valence-electron chi connectivity index (χ4n) is 2.67. The van der Waals surface area contributed by atoms with Crippen LogP contribution in [-0.2, 0) is 0 Å². The van der Waals surface area contributed by atoms with Crippen LogP contribution in [0.4, 0.5) is 0 Å². The summed E-state index contributed by atoms with van der Waals surface area (Å²) in [5.41, 5.74) is 4.43. The Labute approximate surface area is 132 Å². The number of hydrogen-bond donors (Lipinski definition) is 3. The van der Waals surface area contributed by atoms with Crippen molar-refractivity contribution in [3.63, 3.8) is 0 Å². The predicted molar refractivity (Wildman–Crippen MR) is 90.9 cm³/mol. The van der Waals surface area contributed by atoms with Crippen molar-refractivity contribution < 1.29 is 5.11 Å². The van der Waals surface area contributed by atoms with Crippen molar-refractivity contribution in [2.45, 2.75) is 13.0 Å². The van der Waals surface area contributed by atoms with Crippen LogP contribution in [-0.4, -0.2) is 31.1 Å². The lowest BCUT2D eigenvalue weighted by Gasteiger charge is -2.03. The molecule has 2 aromatic heterocycles. The molecule has 0 saturated heterocycles. The number of benzene rings is 2. The second-order valence-electron chi connectivity index (χ2n) is 5.53. The van der Waals surface area contributed by atoms with Crippen molar-refractivity contribution in [3.8, 4) is 0 Å². The quantitative estimate of drug-likeness (QED) is 0.543. The molecule has 0 saturated carbocycles. The first-order chi connectivity index (χ1) is 11.2. The van der Waals surface area contributed by atoms with Crippen LogP contribution in [0.3, 0.4) is 0 Å². The molecule has 23 heavy (non-hydrogen) atoms. The maximum atomic E-state index is 9.84. The number of nitrogens with one attached hydrogen (secondary N) is 2. The smallest absolute Gasteiger partial charge is 0.142 e. The number of para-hydroxylation sites is 4.